The second kappa shape index (κ2) is 4.07. The number of hydrogen-bond acceptors (Lipinski definition) is 2. The van der Waals surface area contributed by atoms with Crippen LogP contribution >= 0.6 is 0 Å². The number of ether oxygens (including phenoxy) is 1. The summed E-state index contributed by atoms with van der Waals surface area (Å²) in [5.74, 6) is 1.26. The number of ketones is 1. The third-order valence-corrected chi connectivity index (χ3v) is 6.55. The van der Waals surface area contributed by atoms with Gasteiger partial charge in [0.1, 0.15) is 5.78 Å². The van der Waals surface area contributed by atoms with Gasteiger partial charge < -0.3 is 4.74 Å². The van der Waals surface area contributed by atoms with E-state index in [1.165, 1.54) is 12.8 Å². The van der Waals surface area contributed by atoms with Crippen LogP contribution in [0.5, 0.6) is 0 Å². The molecule has 3 aliphatic carbocycles. The Morgan fingerprint density at radius 1 is 1.26 bits per heavy atom. The van der Waals surface area contributed by atoms with Crippen LogP contribution in [0.1, 0.15) is 66.2 Å². The van der Waals surface area contributed by atoms with Gasteiger partial charge in [0.15, 0.2) is 0 Å². The molecular weight excluding hydrogens is 236 g/mol. The van der Waals surface area contributed by atoms with E-state index in [1.807, 2.05) is 0 Å². The number of fused-ring (bicyclic) bond motifs is 1. The molecule has 0 aliphatic heterocycles. The molecule has 4 atom stereocenters. The first-order valence-corrected chi connectivity index (χ1v) is 7.99. The van der Waals surface area contributed by atoms with E-state index in [4.69, 9.17) is 4.74 Å². The van der Waals surface area contributed by atoms with E-state index in [2.05, 4.69) is 27.7 Å². The van der Waals surface area contributed by atoms with E-state index in [9.17, 15) is 4.79 Å². The first-order chi connectivity index (χ1) is 8.84. The molecule has 0 aromatic rings. The van der Waals surface area contributed by atoms with E-state index >= 15 is 0 Å². The highest BCUT2D eigenvalue weighted by Crippen LogP contribution is 2.68. The topological polar surface area (TPSA) is 26.3 Å². The molecule has 2 nitrogen and oxygen atoms in total. The maximum Gasteiger partial charge on any atom is 0.138 e. The first-order valence-electron chi connectivity index (χ1n) is 7.99. The zero-order chi connectivity index (χ0) is 13.9. The first kappa shape index (κ1) is 13.6. The van der Waals surface area contributed by atoms with Gasteiger partial charge in [-0.3, -0.25) is 4.79 Å². The van der Waals surface area contributed by atoms with Crippen molar-refractivity contribution in [3.05, 3.63) is 0 Å². The highest BCUT2D eigenvalue weighted by atomic mass is 16.5. The van der Waals surface area contributed by atoms with Gasteiger partial charge in [0, 0.05) is 23.9 Å². The Bertz CT molecular complexity index is 400. The summed E-state index contributed by atoms with van der Waals surface area (Å²) in [6.45, 7) is 9.95. The van der Waals surface area contributed by atoms with Gasteiger partial charge in [-0.25, -0.2) is 0 Å². The van der Waals surface area contributed by atoms with Gasteiger partial charge in [-0.05, 0) is 50.4 Å². The van der Waals surface area contributed by atoms with Gasteiger partial charge in [-0.2, -0.15) is 0 Å². The van der Waals surface area contributed by atoms with Gasteiger partial charge >= 0.3 is 0 Å². The van der Waals surface area contributed by atoms with Gasteiger partial charge in [0.25, 0.3) is 0 Å². The Labute approximate surface area is 117 Å². The average Bonchev–Trinajstić information content (AvgIpc) is 2.53. The SMILES string of the molecule is CCOC1CC(C)(C)C2CCC3(C)CC12CCC3=O. The molecule has 0 aromatic carbocycles. The largest absolute Gasteiger partial charge is 0.378 e. The van der Waals surface area contributed by atoms with Crippen molar-refractivity contribution in [3.8, 4) is 0 Å². The van der Waals surface area contributed by atoms with Crippen molar-refractivity contribution >= 4 is 5.78 Å². The molecule has 4 unspecified atom stereocenters. The Morgan fingerprint density at radius 3 is 2.68 bits per heavy atom. The lowest BCUT2D eigenvalue weighted by molar-refractivity contribution is -0.153. The van der Waals surface area contributed by atoms with Crippen LogP contribution in [-0.2, 0) is 9.53 Å². The Kier molecular flexibility index (Phi) is 2.91. The fourth-order valence-corrected chi connectivity index (χ4v) is 5.75. The highest BCUT2D eigenvalue weighted by molar-refractivity contribution is 5.85. The van der Waals surface area contributed by atoms with Crippen LogP contribution in [0.15, 0.2) is 0 Å². The predicted octanol–water partition coefficient (Wildman–Crippen LogP) is 3.98. The summed E-state index contributed by atoms with van der Waals surface area (Å²) < 4.78 is 6.15. The molecule has 0 aromatic heterocycles. The van der Waals surface area contributed by atoms with Crippen LogP contribution in [0.25, 0.3) is 0 Å². The van der Waals surface area contributed by atoms with E-state index < -0.39 is 0 Å². The van der Waals surface area contributed by atoms with Crippen LogP contribution < -0.4 is 0 Å². The third-order valence-electron chi connectivity index (χ3n) is 6.55. The van der Waals surface area contributed by atoms with E-state index in [0.717, 1.165) is 38.2 Å². The normalized spacial score (nSPS) is 48.1. The fraction of sp³-hybridized carbons (Fsp3) is 0.941. The smallest absolute Gasteiger partial charge is 0.138 e. The van der Waals surface area contributed by atoms with Crippen LogP contribution in [0.4, 0.5) is 0 Å². The van der Waals surface area contributed by atoms with Crippen molar-refractivity contribution in [1.82, 2.24) is 0 Å². The molecule has 0 radical (unpaired) electrons. The Morgan fingerprint density at radius 2 is 2.00 bits per heavy atom. The molecule has 3 saturated carbocycles. The second-order valence-electron chi connectivity index (χ2n) is 8.12. The highest BCUT2D eigenvalue weighted by Gasteiger charge is 2.65. The summed E-state index contributed by atoms with van der Waals surface area (Å²) in [5.41, 5.74) is 0.618. The number of carbonyl (C=O) groups excluding carboxylic acids is 1. The predicted molar refractivity (Wildman–Crippen MR) is 75.9 cm³/mol. The third kappa shape index (κ3) is 1.75. The van der Waals surface area contributed by atoms with Gasteiger partial charge in [-0.1, -0.05) is 20.8 Å². The molecule has 19 heavy (non-hydrogen) atoms. The molecular formula is C17H28O2. The standard InChI is InChI=1S/C17H28O2/c1-5-19-14-10-15(2,3)12-6-8-16(4)11-17(12,14)9-7-13(16)18/h12,14H,5-11H2,1-4H3. The van der Waals surface area contributed by atoms with Gasteiger partial charge in [-0.15, -0.1) is 0 Å². The molecule has 0 N–H and O–H groups in total. The van der Waals surface area contributed by atoms with Gasteiger partial charge in [0.05, 0.1) is 6.10 Å². The molecule has 0 amide bonds. The van der Waals surface area contributed by atoms with E-state index in [0.29, 0.717) is 22.7 Å². The minimum Gasteiger partial charge on any atom is -0.378 e. The summed E-state index contributed by atoms with van der Waals surface area (Å²) in [4.78, 5) is 12.3. The van der Waals surface area contributed by atoms with Crippen molar-refractivity contribution in [2.75, 3.05) is 6.61 Å². The zero-order valence-corrected chi connectivity index (χ0v) is 12.9. The zero-order valence-electron chi connectivity index (χ0n) is 12.9. The molecule has 3 fully saturated rings. The van der Waals surface area contributed by atoms with Crippen LogP contribution in [0.3, 0.4) is 0 Å². The van der Waals surface area contributed by atoms with E-state index in [-0.39, 0.29) is 5.41 Å². The Hall–Kier alpha value is -0.370. The average molecular weight is 264 g/mol. The number of carbonyl (C=O) groups is 1. The molecule has 3 rings (SSSR count). The molecule has 108 valence electrons. The molecule has 0 saturated heterocycles. The monoisotopic (exact) mass is 264 g/mol. The quantitative estimate of drug-likeness (QED) is 0.754. The maximum absolute atomic E-state index is 12.3. The minimum atomic E-state index is -0.0511. The maximum atomic E-state index is 12.3. The van der Waals surface area contributed by atoms with Crippen molar-refractivity contribution in [3.63, 3.8) is 0 Å². The summed E-state index contributed by atoms with van der Waals surface area (Å²) >= 11 is 0. The van der Waals surface area contributed by atoms with Crippen molar-refractivity contribution in [2.24, 2.45) is 22.2 Å². The van der Waals surface area contributed by atoms with Crippen molar-refractivity contribution in [2.45, 2.75) is 72.3 Å². The summed E-state index contributed by atoms with van der Waals surface area (Å²) in [7, 11) is 0. The van der Waals surface area contributed by atoms with Crippen LogP contribution in [0, 0.1) is 22.2 Å². The molecule has 3 aliphatic rings. The molecule has 0 heterocycles. The second-order valence-corrected chi connectivity index (χ2v) is 8.12. The number of rotatable bonds is 2. The summed E-state index contributed by atoms with van der Waals surface area (Å²) in [6.07, 6.45) is 6.81. The van der Waals surface area contributed by atoms with Gasteiger partial charge in [0.2, 0.25) is 0 Å². The van der Waals surface area contributed by atoms with E-state index in [1.54, 1.807) is 0 Å². The molecule has 2 bridgehead atoms. The Balaban J connectivity index is 2.00. The number of hydrogen-bond donors (Lipinski definition) is 0. The number of Topliss-reactive ketones (excluding diaryl/α,β-unsaturated/α-hetero) is 1. The van der Waals surface area contributed by atoms with Crippen LogP contribution in [0.2, 0.25) is 0 Å². The molecule has 2 heteroatoms. The lowest BCUT2D eigenvalue weighted by Gasteiger charge is -2.55. The van der Waals surface area contributed by atoms with Crippen LogP contribution in [-0.4, -0.2) is 18.5 Å². The van der Waals surface area contributed by atoms with Crippen molar-refractivity contribution in [1.29, 1.82) is 0 Å². The molecule has 1 spiro atoms. The fourth-order valence-electron chi connectivity index (χ4n) is 5.75. The summed E-state index contributed by atoms with van der Waals surface area (Å²) in [6, 6.07) is 0. The summed E-state index contributed by atoms with van der Waals surface area (Å²) in [5, 5.41) is 0. The van der Waals surface area contributed by atoms with Crippen molar-refractivity contribution < 1.29 is 9.53 Å². The lowest BCUT2D eigenvalue weighted by atomic mass is 9.49. The minimum absolute atomic E-state index is 0.0511. The lowest BCUT2D eigenvalue weighted by Crippen LogP contribution is -2.53.